The summed E-state index contributed by atoms with van der Waals surface area (Å²) in [6.45, 7) is 9.94. The van der Waals surface area contributed by atoms with Gasteiger partial charge < -0.3 is 10.1 Å². The fourth-order valence-corrected chi connectivity index (χ4v) is 2.68. The molecule has 13 heavy (non-hydrogen) atoms. The molecule has 0 aliphatic carbocycles. The van der Waals surface area contributed by atoms with Crippen molar-refractivity contribution >= 4 is 0 Å². The number of nitrogens with one attached hydrogen (secondary N) is 1. The van der Waals surface area contributed by atoms with Crippen LogP contribution in [-0.4, -0.2) is 25.3 Å². The van der Waals surface area contributed by atoms with Crippen LogP contribution in [0.4, 0.5) is 0 Å². The molecule has 2 unspecified atom stereocenters. The van der Waals surface area contributed by atoms with Gasteiger partial charge in [-0.2, -0.15) is 0 Å². The Bertz CT molecular complexity index is 165. The largest absolute Gasteiger partial charge is 0.374 e. The van der Waals surface area contributed by atoms with Gasteiger partial charge in [-0.3, -0.25) is 0 Å². The van der Waals surface area contributed by atoms with E-state index in [9.17, 15) is 0 Å². The zero-order valence-electron chi connectivity index (χ0n) is 9.61. The zero-order valence-corrected chi connectivity index (χ0v) is 9.61. The van der Waals surface area contributed by atoms with E-state index in [2.05, 4.69) is 33.0 Å². The lowest BCUT2D eigenvalue weighted by Gasteiger charge is -2.41. The summed E-state index contributed by atoms with van der Waals surface area (Å²) >= 11 is 0. The summed E-state index contributed by atoms with van der Waals surface area (Å²) in [5.74, 6) is 0. The van der Waals surface area contributed by atoms with Crippen molar-refractivity contribution < 1.29 is 4.74 Å². The van der Waals surface area contributed by atoms with Crippen LogP contribution in [0.25, 0.3) is 0 Å². The van der Waals surface area contributed by atoms with Gasteiger partial charge in [0.2, 0.25) is 0 Å². The molecule has 1 rings (SSSR count). The number of hydrogen-bond donors (Lipinski definition) is 1. The van der Waals surface area contributed by atoms with Crippen LogP contribution in [0, 0.1) is 5.41 Å². The molecule has 78 valence electrons. The van der Waals surface area contributed by atoms with E-state index in [1.165, 1.54) is 12.8 Å². The highest BCUT2D eigenvalue weighted by molar-refractivity contribution is 4.98. The maximum atomic E-state index is 5.86. The van der Waals surface area contributed by atoms with Crippen LogP contribution < -0.4 is 5.32 Å². The summed E-state index contributed by atoms with van der Waals surface area (Å²) in [4.78, 5) is 0. The Morgan fingerprint density at radius 2 is 2.00 bits per heavy atom. The van der Waals surface area contributed by atoms with Gasteiger partial charge in [-0.25, -0.2) is 0 Å². The van der Waals surface area contributed by atoms with Crippen molar-refractivity contribution in [1.82, 2.24) is 5.32 Å². The second-order valence-corrected chi connectivity index (χ2v) is 5.35. The van der Waals surface area contributed by atoms with Crippen LogP contribution in [0.1, 0.15) is 40.5 Å². The Labute approximate surface area is 82.0 Å². The molecule has 1 aliphatic heterocycles. The van der Waals surface area contributed by atoms with Crippen molar-refractivity contribution in [2.24, 2.45) is 5.41 Å². The fraction of sp³-hybridized carbons (Fsp3) is 1.00. The smallest absolute Gasteiger partial charge is 0.0812 e. The maximum Gasteiger partial charge on any atom is 0.0812 e. The van der Waals surface area contributed by atoms with Crippen molar-refractivity contribution in [1.29, 1.82) is 0 Å². The summed E-state index contributed by atoms with van der Waals surface area (Å²) in [6, 6.07) is 0.433. The van der Waals surface area contributed by atoms with E-state index in [-0.39, 0.29) is 11.0 Å². The van der Waals surface area contributed by atoms with Crippen LogP contribution in [0.3, 0.4) is 0 Å². The van der Waals surface area contributed by atoms with Crippen molar-refractivity contribution in [2.75, 3.05) is 13.7 Å². The molecule has 0 bridgehead atoms. The van der Waals surface area contributed by atoms with E-state index < -0.39 is 0 Å². The van der Waals surface area contributed by atoms with Crippen LogP contribution in [0.15, 0.2) is 0 Å². The molecule has 0 aromatic carbocycles. The van der Waals surface area contributed by atoms with Crippen molar-refractivity contribution in [3.05, 3.63) is 0 Å². The van der Waals surface area contributed by atoms with Gasteiger partial charge >= 0.3 is 0 Å². The van der Waals surface area contributed by atoms with Crippen LogP contribution in [0.5, 0.6) is 0 Å². The SMILES string of the molecule is CNC(C(C)(C)C)C1(C)CCCO1. The molecule has 0 spiro atoms. The summed E-state index contributed by atoms with van der Waals surface area (Å²) in [6.07, 6.45) is 2.38. The van der Waals surface area contributed by atoms with Gasteiger partial charge in [0.25, 0.3) is 0 Å². The van der Waals surface area contributed by atoms with Crippen LogP contribution in [0.2, 0.25) is 0 Å². The van der Waals surface area contributed by atoms with Crippen LogP contribution in [-0.2, 0) is 4.74 Å². The third-order valence-corrected chi connectivity index (χ3v) is 3.01. The lowest BCUT2D eigenvalue weighted by Crippen LogP contribution is -2.54. The van der Waals surface area contributed by atoms with Gasteiger partial charge in [-0.1, -0.05) is 20.8 Å². The molecule has 1 heterocycles. The van der Waals surface area contributed by atoms with Gasteiger partial charge in [0, 0.05) is 12.6 Å². The first kappa shape index (κ1) is 11.0. The normalized spacial score (nSPS) is 32.1. The first-order chi connectivity index (χ1) is 5.90. The highest BCUT2D eigenvalue weighted by atomic mass is 16.5. The zero-order chi connectivity index (χ0) is 10.1. The van der Waals surface area contributed by atoms with E-state index in [4.69, 9.17) is 4.74 Å². The van der Waals surface area contributed by atoms with E-state index >= 15 is 0 Å². The minimum absolute atomic E-state index is 0.0347. The molecule has 1 saturated heterocycles. The first-order valence-corrected chi connectivity index (χ1v) is 5.21. The minimum Gasteiger partial charge on any atom is -0.374 e. The molecule has 0 aromatic heterocycles. The van der Waals surface area contributed by atoms with E-state index in [1.54, 1.807) is 0 Å². The molecule has 0 aromatic rings. The molecule has 1 fully saturated rings. The molecule has 0 radical (unpaired) electrons. The second kappa shape index (κ2) is 3.58. The Morgan fingerprint density at radius 1 is 1.38 bits per heavy atom. The molecular formula is C11H23NO. The predicted molar refractivity (Wildman–Crippen MR) is 55.9 cm³/mol. The average Bonchev–Trinajstić information content (AvgIpc) is 2.34. The molecule has 0 amide bonds. The molecule has 2 nitrogen and oxygen atoms in total. The standard InChI is InChI=1S/C11H23NO/c1-10(2,3)9(12-5)11(4)7-6-8-13-11/h9,12H,6-8H2,1-5H3. The summed E-state index contributed by atoms with van der Waals surface area (Å²) < 4.78 is 5.86. The molecule has 1 N–H and O–H groups in total. The second-order valence-electron chi connectivity index (χ2n) is 5.35. The molecule has 1 aliphatic rings. The number of hydrogen-bond acceptors (Lipinski definition) is 2. The van der Waals surface area contributed by atoms with Gasteiger partial charge in [0.1, 0.15) is 0 Å². The van der Waals surface area contributed by atoms with E-state index in [0.29, 0.717) is 6.04 Å². The monoisotopic (exact) mass is 185 g/mol. The van der Waals surface area contributed by atoms with Gasteiger partial charge in [0.15, 0.2) is 0 Å². The molecular weight excluding hydrogens is 162 g/mol. The molecule has 0 saturated carbocycles. The van der Waals surface area contributed by atoms with Gasteiger partial charge in [-0.05, 0) is 32.2 Å². The predicted octanol–water partition coefficient (Wildman–Crippen LogP) is 2.19. The highest BCUT2D eigenvalue weighted by Crippen LogP contribution is 2.36. The third-order valence-electron chi connectivity index (χ3n) is 3.01. The quantitative estimate of drug-likeness (QED) is 0.712. The first-order valence-electron chi connectivity index (χ1n) is 5.21. The van der Waals surface area contributed by atoms with Gasteiger partial charge in [-0.15, -0.1) is 0 Å². The number of ether oxygens (including phenoxy) is 1. The topological polar surface area (TPSA) is 21.3 Å². The van der Waals surface area contributed by atoms with Crippen molar-refractivity contribution in [2.45, 2.75) is 52.2 Å². The van der Waals surface area contributed by atoms with Crippen molar-refractivity contribution in [3.63, 3.8) is 0 Å². The third kappa shape index (κ3) is 2.23. The lowest BCUT2D eigenvalue weighted by molar-refractivity contribution is -0.0405. The van der Waals surface area contributed by atoms with E-state index in [1.807, 2.05) is 7.05 Å². The highest BCUT2D eigenvalue weighted by Gasteiger charge is 2.43. The average molecular weight is 185 g/mol. The van der Waals surface area contributed by atoms with Gasteiger partial charge in [0.05, 0.1) is 5.60 Å². The van der Waals surface area contributed by atoms with Crippen molar-refractivity contribution in [3.8, 4) is 0 Å². The van der Waals surface area contributed by atoms with Crippen LogP contribution >= 0.6 is 0 Å². The minimum atomic E-state index is 0.0347. The Hall–Kier alpha value is -0.0800. The number of likely N-dealkylation sites (N-methyl/N-ethyl adjacent to an activating group) is 1. The molecule has 2 heteroatoms. The molecule has 2 atom stereocenters. The summed E-state index contributed by atoms with van der Waals surface area (Å²) in [5.41, 5.74) is 0.293. The van der Waals surface area contributed by atoms with E-state index in [0.717, 1.165) is 6.61 Å². The number of rotatable bonds is 2. The Morgan fingerprint density at radius 3 is 2.31 bits per heavy atom. The maximum absolute atomic E-state index is 5.86. The summed E-state index contributed by atoms with van der Waals surface area (Å²) in [5, 5.41) is 3.40. The summed E-state index contributed by atoms with van der Waals surface area (Å²) in [7, 11) is 2.03. The Balaban J connectivity index is 2.76. The fourth-order valence-electron chi connectivity index (χ4n) is 2.68. The Kier molecular flexibility index (Phi) is 3.03. The lowest BCUT2D eigenvalue weighted by atomic mass is 9.76.